The van der Waals surface area contributed by atoms with Crippen molar-refractivity contribution < 1.29 is 5.11 Å². The molecule has 0 saturated heterocycles. The molecule has 92 valence electrons. The van der Waals surface area contributed by atoms with Crippen molar-refractivity contribution in [3.8, 4) is 0 Å². The van der Waals surface area contributed by atoms with Crippen molar-refractivity contribution in [2.75, 3.05) is 0 Å². The molecule has 1 N–H and O–H groups in total. The van der Waals surface area contributed by atoms with Gasteiger partial charge in [-0.3, -0.25) is 4.98 Å². The molecule has 2 aliphatic carbocycles. The summed E-state index contributed by atoms with van der Waals surface area (Å²) in [5, 5.41) is 10.8. The lowest BCUT2D eigenvalue weighted by Gasteiger charge is -2.37. The highest BCUT2D eigenvalue weighted by molar-refractivity contribution is 5.13. The first-order valence-corrected chi connectivity index (χ1v) is 6.86. The normalized spacial score (nSPS) is 33.6. The van der Waals surface area contributed by atoms with Crippen molar-refractivity contribution >= 4 is 0 Å². The van der Waals surface area contributed by atoms with Gasteiger partial charge in [0.25, 0.3) is 0 Å². The lowest BCUT2D eigenvalue weighted by molar-refractivity contribution is -0.0195. The lowest BCUT2D eigenvalue weighted by atomic mass is 9.73. The number of pyridine rings is 1. The van der Waals surface area contributed by atoms with Crippen LogP contribution in [0, 0.1) is 11.8 Å². The van der Waals surface area contributed by atoms with E-state index >= 15 is 0 Å². The highest BCUT2D eigenvalue weighted by Crippen LogP contribution is 2.47. The Bertz CT molecular complexity index is 374. The minimum Gasteiger partial charge on any atom is -0.390 e. The molecule has 1 aromatic rings. The van der Waals surface area contributed by atoms with E-state index < -0.39 is 5.60 Å². The topological polar surface area (TPSA) is 33.1 Å². The fourth-order valence-electron chi connectivity index (χ4n) is 3.40. The summed E-state index contributed by atoms with van der Waals surface area (Å²) < 4.78 is 0. The summed E-state index contributed by atoms with van der Waals surface area (Å²) in [6, 6.07) is 4.05. The Morgan fingerprint density at radius 3 is 2.65 bits per heavy atom. The van der Waals surface area contributed by atoms with Crippen molar-refractivity contribution in [1.82, 2.24) is 4.98 Å². The van der Waals surface area contributed by atoms with Gasteiger partial charge < -0.3 is 5.11 Å². The Morgan fingerprint density at radius 1 is 1.18 bits per heavy atom. The summed E-state index contributed by atoms with van der Waals surface area (Å²) in [5.74, 6) is 1.72. The fraction of sp³-hybridized carbons (Fsp3) is 0.667. The molecule has 2 heteroatoms. The standard InChI is InChI=1S/C15H21NO/c17-15(10-12-5-8-16-9-6-12)7-1-2-14(11-15)13-3-4-13/h5-6,8-9,13-14,17H,1-4,7,10-11H2. The second-order valence-corrected chi connectivity index (χ2v) is 5.95. The average Bonchev–Trinajstić information content (AvgIpc) is 3.13. The first-order valence-electron chi connectivity index (χ1n) is 6.86. The molecule has 2 atom stereocenters. The molecule has 0 spiro atoms. The van der Waals surface area contributed by atoms with Crippen molar-refractivity contribution in [3.05, 3.63) is 30.1 Å². The third-order valence-electron chi connectivity index (χ3n) is 4.43. The minimum atomic E-state index is -0.452. The molecule has 2 fully saturated rings. The highest BCUT2D eigenvalue weighted by Gasteiger charge is 2.40. The zero-order valence-electron chi connectivity index (χ0n) is 10.3. The van der Waals surface area contributed by atoms with Gasteiger partial charge in [-0.05, 0) is 61.6 Å². The summed E-state index contributed by atoms with van der Waals surface area (Å²) >= 11 is 0. The van der Waals surface area contributed by atoms with E-state index in [1.54, 1.807) is 0 Å². The van der Waals surface area contributed by atoms with E-state index in [0.717, 1.165) is 31.1 Å². The predicted molar refractivity (Wildman–Crippen MR) is 67.6 cm³/mol. The summed E-state index contributed by atoms with van der Waals surface area (Å²) in [5.41, 5.74) is 0.770. The van der Waals surface area contributed by atoms with Gasteiger partial charge in [-0.1, -0.05) is 6.42 Å². The summed E-state index contributed by atoms with van der Waals surface area (Å²) in [4.78, 5) is 4.03. The lowest BCUT2D eigenvalue weighted by Crippen LogP contribution is -2.38. The third-order valence-corrected chi connectivity index (χ3v) is 4.43. The number of aliphatic hydroxyl groups is 1. The van der Waals surface area contributed by atoms with Crippen LogP contribution in [0.1, 0.15) is 44.1 Å². The molecule has 2 saturated carbocycles. The number of nitrogens with zero attached hydrogens (tertiary/aromatic N) is 1. The van der Waals surface area contributed by atoms with Crippen LogP contribution in [0.5, 0.6) is 0 Å². The van der Waals surface area contributed by atoms with E-state index in [1.807, 2.05) is 24.5 Å². The van der Waals surface area contributed by atoms with Crippen molar-refractivity contribution in [2.24, 2.45) is 11.8 Å². The van der Waals surface area contributed by atoms with Crippen LogP contribution in [0.2, 0.25) is 0 Å². The van der Waals surface area contributed by atoms with Crippen LogP contribution in [0.4, 0.5) is 0 Å². The van der Waals surface area contributed by atoms with E-state index in [0.29, 0.717) is 0 Å². The van der Waals surface area contributed by atoms with Gasteiger partial charge in [-0.25, -0.2) is 0 Å². The molecular weight excluding hydrogens is 210 g/mol. The minimum absolute atomic E-state index is 0.452. The smallest absolute Gasteiger partial charge is 0.0690 e. The molecule has 0 aromatic carbocycles. The maximum Gasteiger partial charge on any atom is 0.0690 e. The van der Waals surface area contributed by atoms with E-state index in [4.69, 9.17) is 0 Å². The second-order valence-electron chi connectivity index (χ2n) is 5.95. The van der Waals surface area contributed by atoms with E-state index in [-0.39, 0.29) is 0 Å². The SMILES string of the molecule is OC1(Cc2ccncc2)CCCC(C2CC2)C1. The Balaban J connectivity index is 1.67. The molecule has 17 heavy (non-hydrogen) atoms. The number of hydrogen-bond acceptors (Lipinski definition) is 2. The molecule has 3 rings (SSSR count). The highest BCUT2D eigenvalue weighted by atomic mass is 16.3. The third kappa shape index (κ3) is 2.68. The Labute approximate surface area is 103 Å². The zero-order chi connectivity index (χ0) is 11.7. The van der Waals surface area contributed by atoms with Gasteiger partial charge in [0.1, 0.15) is 0 Å². The molecule has 0 radical (unpaired) electrons. The van der Waals surface area contributed by atoms with Crippen LogP contribution in [-0.2, 0) is 6.42 Å². The largest absolute Gasteiger partial charge is 0.390 e. The van der Waals surface area contributed by atoms with Crippen molar-refractivity contribution in [1.29, 1.82) is 0 Å². The van der Waals surface area contributed by atoms with E-state index in [1.165, 1.54) is 31.2 Å². The molecule has 0 aliphatic heterocycles. The first kappa shape index (κ1) is 11.2. The Hall–Kier alpha value is -0.890. The molecular formula is C15H21NO. The average molecular weight is 231 g/mol. The van der Waals surface area contributed by atoms with Crippen LogP contribution in [-0.4, -0.2) is 15.7 Å². The van der Waals surface area contributed by atoms with Gasteiger partial charge in [0.05, 0.1) is 5.60 Å². The zero-order valence-corrected chi connectivity index (χ0v) is 10.3. The molecule has 2 nitrogen and oxygen atoms in total. The van der Waals surface area contributed by atoms with Gasteiger partial charge in [-0.15, -0.1) is 0 Å². The monoisotopic (exact) mass is 231 g/mol. The number of aromatic nitrogens is 1. The maximum atomic E-state index is 10.8. The van der Waals surface area contributed by atoms with Gasteiger partial charge in [0, 0.05) is 18.8 Å². The summed E-state index contributed by atoms with van der Waals surface area (Å²) in [6.45, 7) is 0. The first-order chi connectivity index (χ1) is 8.25. The summed E-state index contributed by atoms with van der Waals surface area (Å²) in [6.07, 6.45) is 11.8. The second kappa shape index (κ2) is 4.41. The molecule has 0 amide bonds. The van der Waals surface area contributed by atoms with Crippen LogP contribution in [0.3, 0.4) is 0 Å². The Kier molecular flexibility index (Phi) is 2.91. The molecule has 1 heterocycles. The Morgan fingerprint density at radius 2 is 1.94 bits per heavy atom. The fourth-order valence-corrected chi connectivity index (χ4v) is 3.40. The van der Waals surface area contributed by atoms with Gasteiger partial charge in [0.2, 0.25) is 0 Å². The van der Waals surface area contributed by atoms with Crippen LogP contribution in [0.25, 0.3) is 0 Å². The van der Waals surface area contributed by atoms with Crippen molar-refractivity contribution in [3.63, 3.8) is 0 Å². The predicted octanol–water partition coefficient (Wildman–Crippen LogP) is 2.96. The number of rotatable bonds is 3. The molecule has 0 bridgehead atoms. The van der Waals surface area contributed by atoms with Gasteiger partial charge >= 0.3 is 0 Å². The molecule has 2 aliphatic rings. The van der Waals surface area contributed by atoms with Crippen LogP contribution in [0.15, 0.2) is 24.5 Å². The van der Waals surface area contributed by atoms with E-state index in [9.17, 15) is 5.11 Å². The molecule has 1 aromatic heterocycles. The van der Waals surface area contributed by atoms with Crippen LogP contribution >= 0.6 is 0 Å². The van der Waals surface area contributed by atoms with Gasteiger partial charge in [0.15, 0.2) is 0 Å². The maximum absolute atomic E-state index is 10.8. The van der Waals surface area contributed by atoms with Gasteiger partial charge in [-0.2, -0.15) is 0 Å². The number of hydrogen-bond donors (Lipinski definition) is 1. The van der Waals surface area contributed by atoms with Crippen molar-refractivity contribution in [2.45, 2.75) is 50.5 Å². The van der Waals surface area contributed by atoms with Crippen LogP contribution < -0.4 is 0 Å². The molecule has 2 unspecified atom stereocenters. The summed E-state index contributed by atoms with van der Waals surface area (Å²) in [7, 11) is 0. The quantitative estimate of drug-likeness (QED) is 0.867. The van der Waals surface area contributed by atoms with E-state index in [2.05, 4.69) is 4.98 Å².